The van der Waals surface area contributed by atoms with Crippen LogP contribution in [0.2, 0.25) is 0 Å². The number of hydrogen-bond acceptors (Lipinski definition) is 6. The van der Waals surface area contributed by atoms with Gasteiger partial charge in [0.15, 0.2) is 0 Å². The minimum Gasteiger partial charge on any atom is -0.494 e. The lowest BCUT2D eigenvalue weighted by atomic mass is 9.96. The number of ether oxygens (including phenoxy) is 2. The highest BCUT2D eigenvalue weighted by Crippen LogP contribution is 2.37. The van der Waals surface area contributed by atoms with E-state index in [-0.39, 0.29) is 19.2 Å². The van der Waals surface area contributed by atoms with Crippen LogP contribution in [-0.4, -0.2) is 76.2 Å². The number of morpholine rings is 1. The lowest BCUT2D eigenvalue weighted by Gasteiger charge is -2.34. The first-order valence-electron chi connectivity index (χ1n) is 11.8. The van der Waals surface area contributed by atoms with Gasteiger partial charge in [-0.05, 0) is 55.9 Å². The predicted molar refractivity (Wildman–Crippen MR) is 127 cm³/mol. The van der Waals surface area contributed by atoms with Crippen LogP contribution in [0.1, 0.15) is 56.7 Å². The molecule has 8 heteroatoms. The Morgan fingerprint density at radius 3 is 2.73 bits per heavy atom. The number of fused-ring (bicyclic) bond motifs is 1. The monoisotopic (exact) mass is 459 g/mol. The standard InChI is InChI=1S/C24H35N3O3.CH2O2/c1-5-29-23-10-17(4)22(12-21(23)16(2)3)24-25-7-8-27(24)18-11-19-15-30-20(6-9-28)14-26(19)13-18;2-1-3/h7-8,10,12,16,18-20,28H,5-6,9,11,13-15H2,1-4H3;1H,(H,2,3)/t18-,19+,20+;/m1./s1. The number of carbonyl (C=O) groups is 1. The molecule has 1 aromatic heterocycles. The molecule has 8 nitrogen and oxygen atoms in total. The first-order chi connectivity index (χ1) is 15.9. The summed E-state index contributed by atoms with van der Waals surface area (Å²) >= 11 is 0. The molecule has 182 valence electrons. The number of imidazole rings is 1. The predicted octanol–water partition coefficient (Wildman–Crippen LogP) is 3.48. The third-order valence-electron chi connectivity index (χ3n) is 6.50. The third-order valence-corrected chi connectivity index (χ3v) is 6.50. The van der Waals surface area contributed by atoms with Crippen molar-refractivity contribution in [3.63, 3.8) is 0 Å². The quantitative estimate of drug-likeness (QED) is 0.612. The lowest BCUT2D eigenvalue weighted by molar-refractivity contribution is -0.122. The highest BCUT2D eigenvalue weighted by molar-refractivity contribution is 5.65. The first kappa shape index (κ1) is 25.2. The van der Waals surface area contributed by atoms with E-state index in [2.05, 4.69) is 48.6 Å². The summed E-state index contributed by atoms with van der Waals surface area (Å²) in [5.74, 6) is 2.41. The van der Waals surface area contributed by atoms with Crippen LogP contribution in [0, 0.1) is 6.92 Å². The van der Waals surface area contributed by atoms with Crippen LogP contribution in [0.25, 0.3) is 11.4 Å². The number of aliphatic hydroxyl groups is 1. The molecule has 2 saturated heterocycles. The van der Waals surface area contributed by atoms with Crippen molar-refractivity contribution < 1.29 is 24.5 Å². The van der Waals surface area contributed by atoms with Crippen LogP contribution in [0.3, 0.4) is 0 Å². The Bertz CT molecular complexity index is 913. The third kappa shape index (κ3) is 5.75. The molecule has 2 N–H and O–H groups in total. The molecule has 0 bridgehead atoms. The van der Waals surface area contributed by atoms with E-state index in [0.29, 0.717) is 31.0 Å². The van der Waals surface area contributed by atoms with Crippen molar-refractivity contribution >= 4 is 6.47 Å². The van der Waals surface area contributed by atoms with Crippen molar-refractivity contribution in [2.24, 2.45) is 0 Å². The van der Waals surface area contributed by atoms with Crippen molar-refractivity contribution in [3.8, 4) is 17.1 Å². The molecule has 3 heterocycles. The maximum absolute atomic E-state index is 9.24. The normalized spacial score (nSPS) is 22.5. The van der Waals surface area contributed by atoms with Crippen molar-refractivity contribution in [1.82, 2.24) is 14.5 Å². The largest absolute Gasteiger partial charge is 0.494 e. The van der Waals surface area contributed by atoms with Gasteiger partial charge >= 0.3 is 0 Å². The van der Waals surface area contributed by atoms with Crippen LogP contribution in [-0.2, 0) is 9.53 Å². The Morgan fingerprint density at radius 2 is 2.06 bits per heavy atom. The lowest BCUT2D eigenvalue weighted by Crippen LogP contribution is -2.46. The summed E-state index contributed by atoms with van der Waals surface area (Å²) in [4.78, 5) is 15.7. The van der Waals surface area contributed by atoms with E-state index in [9.17, 15) is 5.11 Å². The van der Waals surface area contributed by atoms with Crippen LogP contribution < -0.4 is 4.74 Å². The maximum Gasteiger partial charge on any atom is 0.290 e. The van der Waals surface area contributed by atoms with E-state index in [1.807, 2.05) is 13.1 Å². The minimum atomic E-state index is -0.250. The van der Waals surface area contributed by atoms with Gasteiger partial charge in [0.1, 0.15) is 11.6 Å². The molecule has 0 saturated carbocycles. The molecule has 2 aliphatic heterocycles. The molecule has 3 atom stereocenters. The molecule has 0 unspecified atom stereocenters. The van der Waals surface area contributed by atoms with E-state index in [0.717, 1.165) is 37.7 Å². The molecule has 0 amide bonds. The Morgan fingerprint density at radius 1 is 1.30 bits per heavy atom. The fraction of sp³-hybridized carbons (Fsp3) is 0.600. The average Bonchev–Trinajstić information content (AvgIpc) is 3.41. The fourth-order valence-electron chi connectivity index (χ4n) is 4.92. The van der Waals surface area contributed by atoms with E-state index in [4.69, 9.17) is 24.4 Å². The van der Waals surface area contributed by atoms with Crippen molar-refractivity contribution in [3.05, 3.63) is 35.7 Å². The second-order valence-corrected chi connectivity index (χ2v) is 9.02. The molecule has 2 aromatic rings. The maximum atomic E-state index is 9.24. The summed E-state index contributed by atoms with van der Waals surface area (Å²) in [6.45, 7) is 11.9. The number of hydrogen-bond donors (Lipinski definition) is 2. The van der Waals surface area contributed by atoms with Gasteiger partial charge in [0.2, 0.25) is 0 Å². The zero-order valence-corrected chi connectivity index (χ0v) is 20.1. The van der Waals surface area contributed by atoms with Crippen LogP contribution in [0.4, 0.5) is 0 Å². The first-order valence-corrected chi connectivity index (χ1v) is 11.8. The molecule has 0 spiro atoms. The molecule has 0 aliphatic carbocycles. The second kappa shape index (κ2) is 11.6. The number of nitrogens with zero attached hydrogens (tertiary/aromatic N) is 3. The molecule has 1 aromatic carbocycles. The Kier molecular flexibility index (Phi) is 8.88. The fourth-order valence-corrected chi connectivity index (χ4v) is 4.92. The van der Waals surface area contributed by atoms with Gasteiger partial charge in [0.25, 0.3) is 6.47 Å². The van der Waals surface area contributed by atoms with Gasteiger partial charge < -0.3 is 24.3 Å². The van der Waals surface area contributed by atoms with Gasteiger partial charge in [-0.25, -0.2) is 4.98 Å². The van der Waals surface area contributed by atoms with Crippen LogP contribution in [0.5, 0.6) is 5.75 Å². The SMILES string of the molecule is CCOc1cc(C)c(-c2nccn2[C@@H]2C[C@H]3CO[C@@H](CCO)CN3C2)cc1C(C)C.O=CO. The second-order valence-electron chi connectivity index (χ2n) is 9.02. The smallest absolute Gasteiger partial charge is 0.290 e. The molecule has 2 aliphatic rings. The van der Waals surface area contributed by atoms with E-state index in [1.165, 1.54) is 16.7 Å². The number of aliphatic hydroxyl groups excluding tert-OH is 1. The molecular weight excluding hydrogens is 422 g/mol. The van der Waals surface area contributed by atoms with E-state index >= 15 is 0 Å². The summed E-state index contributed by atoms with van der Waals surface area (Å²) in [6.07, 6.45) is 5.97. The Balaban J connectivity index is 0.000000968. The van der Waals surface area contributed by atoms with Crippen molar-refractivity contribution in [1.29, 1.82) is 0 Å². The Labute approximate surface area is 196 Å². The molecule has 0 radical (unpaired) electrons. The molecule has 2 fully saturated rings. The number of benzene rings is 1. The zero-order chi connectivity index (χ0) is 24.0. The molecule has 33 heavy (non-hydrogen) atoms. The molecular formula is C25H37N3O5. The highest BCUT2D eigenvalue weighted by Gasteiger charge is 2.38. The topological polar surface area (TPSA) is 97.1 Å². The van der Waals surface area contributed by atoms with Crippen molar-refractivity contribution in [2.75, 3.05) is 32.9 Å². The summed E-state index contributed by atoms with van der Waals surface area (Å²) in [5.41, 5.74) is 3.61. The summed E-state index contributed by atoms with van der Waals surface area (Å²) in [5, 5.41) is 16.1. The number of carboxylic acid groups (broad SMARTS) is 1. The van der Waals surface area contributed by atoms with Gasteiger partial charge in [-0.3, -0.25) is 9.69 Å². The van der Waals surface area contributed by atoms with Gasteiger partial charge in [0.05, 0.1) is 19.3 Å². The molecule has 4 rings (SSSR count). The average molecular weight is 460 g/mol. The highest BCUT2D eigenvalue weighted by atomic mass is 16.5. The minimum absolute atomic E-state index is 0.147. The van der Waals surface area contributed by atoms with Gasteiger partial charge in [0, 0.05) is 49.7 Å². The van der Waals surface area contributed by atoms with Crippen molar-refractivity contribution in [2.45, 2.75) is 64.6 Å². The van der Waals surface area contributed by atoms with Crippen LogP contribution in [0.15, 0.2) is 24.5 Å². The van der Waals surface area contributed by atoms with Gasteiger partial charge in [-0.1, -0.05) is 13.8 Å². The zero-order valence-electron chi connectivity index (χ0n) is 20.1. The Hall–Kier alpha value is -2.42. The number of aryl methyl sites for hydroxylation is 1. The van der Waals surface area contributed by atoms with E-state index < -0.39 is 0 Å². The summed E-state index contributed by atoms with van der Waals surface area (Å²) in [6, 6.07) is 5.27. The number of rotatable bonds is 7. The van der Waals surface area contributed by atoms with Gasteiger partial charge in [-0.15, -0.1) is 0 Å². The number of aromatic nitrogens is 2. The van der Waals surface area contributed by atoms with Crippen LogP contribution >= 0.6 is 0 Å². The van der Waals surface area contributed by atoms with Gasteiger partial charge in [-0.2, -0.15) is 0 Å². The summed E-state index contributed by atoms with van der Waals surface area (Å²) < 4.78 is 14.2. The van der Waals surface area contributed by atoms with E-state index in [1.54, 1.807) is 0 Å². The summed E-state index contributed by atoms with van der Waals surface area (Å²) in [7, 11) is 0.